The molecule has 4 atom stereocenters. The average Bonchev–Trinajstić information content (AvgIpc) is 3.16. The van der Waals surface area contributed by atoms with Crippen LogP contribution in [0.5, 0.6) is 0 Å². The molecule has 0 unspecified atom stereocenters. The summed E-state index contributed by atoms with van der Waals surface area (Å²) in [6, 6.07) is 16.6. The van der Waals surface area contributed by atoms with Crippen molar-refractivity contribution in [3.8, 4) is 6.07 Å². The van der Waals surface area contributed by atoms with Gasteiger partial charge in [-0.2, -0.15) is 5.26 Å². The second kappa shape index (κ2) is 7.68. The molecule has 162 valence electrons. The van der Waals surface area contributed by atoms with Gasteiger partial charge in [0.15, 0.2) is 11.2 Å². The fourth-order valence-corrected chi connectivity index (χ4v) is 5.15. The van der Waals surface area contributed by atoms with E-state index < -0.39 is 35.1 Å². The van der Waals surface area contributed by atoms with E-state index in [0.29, 0.717) is 5.56 Å². The number of carbonyl (C=O) groups excluding carboxylic acids is 2. The minimum Gasteiger partial charge on any atom is -0.368 e. The van der Waals surface area contributed by atoms with E-state index in [1.807, 2.05) is 35.2 Å². The molecule has 2 N–H and O–H groups in total. The lowest BCUT2D eigenvalue weighted by Crippen LogP contribution is -2.49. The third-order valence-electron chi connectivity index (χ3n) is 6.58. The summed E-state index contributed by atoms with van der Waals surface area (Å²) in [6.07, 6.45) is 6.74. The topological polar surface area (TPSA) is 100 Å². The highest BCUT2D eigenvalue weighted by Crippen LogP contribution is 2.55. The number of pyridine rings is 1. The molecule has 33 heavy (non-hydrogen) atoms. The molecule has 3 aromatic rings. The van der Waals surface area contributed by atoms with Crippen LogP contribution in [0.3, 0.4) is 0 Å². The maximum absolute atomic E-state index is 14.0. The Morgan fingerprint density at radius 2 is 1.85 bits per heavy atom. The Kier molecular flexibility index (Phi) is 4.79. The van der Waals surface area contributed by atoms with Crippen LogP contribution in [0.15, 0.2) is 79.1 Å². The van der Waals surface area contributed by atoms with Crippen LogP contribution in [-0.4, -0.2) is 28.8 Å². The molecule has 5 rings (SSSR count). The molecule has 6 nitrogen and oxygen atoms in total. The number of benzene rings is 2. The number of hydrogen-bond acceptors (Lipinski definition) is 5. The summed E-state index contributed by atoms with van der Waals surface area (Å²) < 4.78 is 13.6. The van der Waals surface area contributed by atoms with Gasteiger partial charge in [-0.25, -0.2) is 4.39 Å². The molecule has 2 aromatic carbocycles. The quantitative estimate of drug-likeness (QED) is 0.629. The van der Waals surface area contributed by atoms with Crippen molar-refractivity contribution in [2.45, 2.75) is 18.0 Å². The van der Waals surface area contributed by atoms with E-state index in [4.69, 9.17) is 5.73 Å². The molecule has 2 aliphatic heterocycles. The maximum Gasteiger partial charge on any atom is 0.241 e. The molecule has 1 saturated heterocycles. The van der Waals surface area contributed by atoms with Crippen molar-refractivity contribution in [1.82, 2.24) is 4.98 Å². The molecule has 1 aromatic heterocycles. The molecule has 7 heteroatoms. The molecule has 0 bridgehead atoms. The number of hydrogen-bond donors (Lipinski definition) is 1. The van der Waals surface area contributed by atoms with Crippen molar-refractivity contribution in [3.63, 3.8) is 0 Å². The van der Waals surface area contributed by atoms with Crippen LogP contribution in [0.25, 0.3) is 6.08 Å². The second-order valence-corrected chi connectivity index (χ2v) is 8.20. The Morgan fingerprint density at radius 3 is 2.52 bits per heavy atom. The van der Waals surface area contributed by atoms with Gasteiger partial charge < -0.3 is 10.6 Å². The predicted molar refractivity (Wildman–Crippen MR) is 120 cm³/mol. The minimum atomic E-state index is -1.73. The van der Waals surface area contributed by atoms with Gasteiger partial charge >= 0.3 is 0 Å². The first-order chi connectivity index (χ1) is 16.0. The lowest BCUT2D eigenvalue weighted by atomic mass is 9.68. The smallest absolute Gasteiger partial charge is 0.241 e. The van der Waals surface area contributed by atoms with Crippen molar-refractivity contribution in [1.29, 1.82) is 5.26 Å². The first-order valence-electron chi connectivity index (χ1n) is 10.5. The van der Waals surface area contributed by atoms with Gasteiger partial charge in [-0.1, -0.05) is 36.4 Å². The number of rotatable bonds is 4. The zero-order valence-electron chi connectivity index (χ0n) is 17.4. The second-order valence-electron chi connectivity index (χ2n) is 8.20. The standard InChI is InChI=1S/C26H19FN4O2/c27-19-10-7-17(8-11-19)24(32)23-22(18-5-3-13-30-14-18)26(15-28,25(29)33)21-12-9-16-4-1-2-6-20(16)31(21)23/h1-14,21-23H,(H2,29,33)/t21-,22+,23-,26+/m0/s1. The lowest BCUT2D eigenvalue weighted by Gasteiger charge is -2.36. The van der Waals surface area contributed by atoms with E-state index >= 15 is 0 Å². The van der Waals surface area contributed by atoms with Crippen molar-refractivity contribution < 1.29 is 14.0 Å². The molecule has 0 spiro atoms. The summed E-state index contributed by atoms with van der Waals surface area (Å²) in [5.41, 5.74) is 6.59. The van der Waals surface area contributed by atoms with Gasteiger partial charge in [0.05, 0.1) is 12.1 Å². The summed E-state index contributed by atoms with van der Waals surface area (Å²) in [4.78, 5) is 33.0. The Labute approximate surface area is 189 Å². The Balaban J connectivity index is 1.80. The van der Waals surface area contributed by atoms with Gasteiger partial charge in [-0.05, 0) is 47.5 Å². The number of aromatic nitrogens is 1. The number of nitrogens with two attached hydrogens (primary N) is 1. The highest BCUT2D eigenvalue weighted by Gasteiger charge is 2.65. The van der Waals surface area contributed by atoms with Crippen LogP contribution in [0.2, 0.25) is 0 Å². The molecule has 3 heterocycles. The number of Topliss-reactive ketones (excluding diaryl/α,β-unsaturated/α-hetero) is 1. The largest absolute Gasteiger partial charge is 0.368 e. The predicted octanol–water partition coefficient (Wildman–Crippen LogP) is 3.47. The van der Waals surface area contributed by atoms with Gasteiger partial charge in [0.2, 0.25) is 5.91 Å². The monoisotopic (exact) mass is 438 g/mol. The van der Waals surface area contributed by atoms with Gasteiger partial charge in [-0.15, -0.1) is 0 Å². The van der Waals surface area contributed by atoms with Gasteiger partial charge in [0, 0.05) is 29.6 Å². The number of primary amides is 1. The molecule has 1 fully saturated rings. The first kappa shape index (κ1) is 20.6. The van der Waals surface area contributed by atoms with E-state index in [9.17, 15) is 19.2 Å². The van der Waals surface area contributed by atoms with E-state index in [1.165, 1.54) is 24.3 Å². The number of fused-ring (bicyclic) bond motifs is 3. The van der Waals surface area contributed by atoms with Crippen LogP contribution in [-0.2, 0) is 4.79 Å². The summed E-state index contributed by atoms with van der Waals surface area (Å²) in [5, 5.41) is 10.4. The number of ketones is 1. The van der Waals surface area contributed by atoms with Crippen LogP contribution in [0, 0.1) is 22.6 Å². The lowest BCUT2D eigenvalue weighted by molar-refractivity contribution is -0.125. The van der Waals surface area contributed by atoms with Crippen LogP contribution in [0.1, 0.15) is 27.4 Å². The number of nitriles is 1. The molecule has 0 aliphatic carbocycles. The molecule has 0 radical (unpaired) electrons. The summed E-state index contributed by atoms with van der Waals surface area (Å²) in [6.45, 7) is 0. The fourth-order valence-electron chi connectivity index (χ4n) is 5.15. The number of anilines is 1. The minimum absolute atomic E-state index is 0.277. The summed E-state index contributed by atoms with van der Waals surface area (Å²) >= 11 is 0. The zero-order valence-corrected chi connectivity index (χ0v) is 17.4. The number of carbonyl (C=O) groups is 2. The van der Waals surface area contributed by atoms with Gasteiger partial charge in [0.25, 0.3) is 0 Å². The number of para-hydroxylation sites is 1. The number of nitrogens with zero attached hydrogens (tertiary/aromatic N) is 3. The highest BCUT2D eigenvalue weighted by molar-refractivity contribution is 6.06. The van der Waals surface area contributed by atoms with Crippen molar-refractivity contribution in [2.24, 2.45) is 11.1 Å². The Bertz CT molecular complexity index is 1320. The normalized spacial score (nSPS) is 25.1. The molecule has 1 amide bonds. The van der Waals surface area contributed by atoms with E-state index in [1.54, 1.807) is 30.6 Å². The van der Waals surface area contributed by atoms with E-state index in [0.717, 1.165) is 11.3 Å². The van der Waals surface area contributed by atoms with E-state index in [-0.39, 0.29) is 11.3 Å². The van der Waals surface area contributed by atoms with Crippen molar-refractivity contribution >= 4 is 23.5 Å². The highest BCUT2D eigenvalue weighted by atomic mass is 19.1. The fraction of sp³-hybridized carbons (Fsp3) is 0.154. The number of halogens is 1. The van der Waals surface area contributed by atoms with Crippen molar-refractivity contribution in [2.75, 3.05) is 4.90 Å². The van der Waals surface area contributed by atoms with Crippen LogP contribution in [0.4, 0.5) is 10.1 Å². The molecular weight excluding hydrogens is 419 g/mol. The van der Waals surface area contributed by atoms with Gasteiger partial charge in [-0.3, -0.25) is 14.6 Å². The molecule has 2 aliphatic rings. The average molecular weight is 438 g/mol. The molecular formula is C26H19FN4O2. The summed E-state index contributed by atoms with van der Waals surface area (Å²) in [5.74, 6) is -2.51. The zero-order chi connectivity index (χ0) is 23.2. The van der Waals surface area contributed by atoms with Crippen molar-refractivity contribution in [3.05, 3.63) is 102 Å². The van der Waals surface area contributed by atoms with E-state index in [2.05, 4.69) is 11.1 Å². The third-order valence-corrected chi connectivity index (χ3v) is 6.58. The van der Waals surface area contributed by atoms with Crippen LogP contribution >= 0.6 is 0 Å². The Hall–Kier alpha value is -4.31. The van der Waals surface area contributed by atoms with Gasteiger partial charge in [0.1, 0.15) is 11.9 Å². The number of amides is 1. The Morgan fingerprint density at radius 1 is 1.09 bits per heavy atom. The third kappa shape index (κ3) is 2.95. The summed E-state index contributed by atoms with van der Waals surface area (Å²) in [7, 11) is 0. The maximum atomic E-state index is 14.0. The SMILES string of the molecule is N#C[C@]1(C(N)=O)[C@H](c2cccnc2)[C@@H](C(=O)c2ccc(F)cc2)N2c3ccccc3C=C[C@H]21. The first-order valence-corrected chi connectivity index (χ1v) is 10.5. The van der Waals surface area contributed by atoms with Crippen LogP contribution < -0.4 is 10.6 Å². The molecule has 0 saturated carbocycles.